The van der Waals surface area contributed by atoms with Crippen molar-refractivity contribution in [3.05, 3.63) is 29.6 Å². The van der Waals surface area contributed by atoms with Crippen LogP contribution in [0.2, 0.25) is 0 Å². The lowest BCUT2D eigenvalue weighted by Gasteiger charge is -2.04. The molecule has 0 aromatic heterocycles. The predicted molar refractivity (Wildman–Crippen MR) is 43.5 cm³/mol. The Morgan fingerprint density at radius 1 is 1.50 bits per heavy atom. The number of ether oxygens (including phenoxy) is 1. The summed E-state index contributed by atoms with van der Waals surface area (Å²) < 4.78 is 18.0. The third kappa shape index (κ3) is 1.95. The highest BCUT2D eigenvalue weighted by Gasteiger charge is 2.01. The van der Waals surface area contributed by atoms with Crippen molar-refractivity contribution in [2.24, 2.45) is 0 Å². The van der Waals surface area contributed by atoms with E-state index in [1.807, 2.05) is 6.92 Å². The molecule has 1 rings (SSSR count). The number of rotatable bonds is 3. The Hall–Kier alpha value is -1.09. The fourth-order valence-corrected chi connectivity index (χ4v) is 0.913. The minimum atomic E-state index is -0.427. The maximum absolute atomic E-state index is 12.9. The van der Waals surface area contributed by atoms with Gasteiger partial charge in [-0.1, -0.05) is 6.07 Å². The van der Waals surface area contributed by atoms with Crippen LogP contribution in [0, 0.1) is 5.82 Å². The van der Waals surface area contributed by atoms with Crippen molar-refractivity contribution >= 4 is 0 Å². The van der Waals surface area contributed by atoms with Crippen molar-refractivity contribution in [1.82, 2.24) is 0 Å². The van der Waals surface area contributed by atoms with Gasteiger partial charge in [0.1, 0.15) is 11.6 Å². The maximum atomic E-state index is 12.9. The summed E-state index contributed by atoms with van der Waals surface area (Å²) in [5.74, 6) is 0.0654. The summed E-state index contributed by atoms with van der Waals surface area (Å²) in [4.78, 5) is 0. The maximum Gasteiger partial charge on any atom is 0.132 e. The van der Waals surface area contributed by atoms with Crippen LogP contribution in [0.4, 0.5) is 4.39 Å². The molecule has 0 bridgehead atoms. The second kappa shape index (κ2) is 4.07. The molecule has 0 atom stereocenters. The average Bonchev–Trinajstić information content (AvgIpc) is 2.05. The number of benzene rings is 1. The molecule has 0 aliphatic rings. The van der Waals surface area contributed by atoms with Crippen LogP contribution in [0.1, 0.15) is 12.5 Å². The van der Waals surface area contributed by atoms with Gasteiger partial charge in [0.05, 0.1) is 13.2 Å². The van der Waals surface area contributed by atoms with Gasteiger partial charge in [-0.05, 0) is 13.0 Å². The summed E-state index contributed by atoms with van der Waals surface area (Å²) in [5.41, 5.74) is 0.290. The van der Waals surface area contributed by atoms with E-state index < -0.39 is 5.82 Å². The second-order valence-corrected chi connectivity index (χ2v) is 2.34. The Morgan fingerprint density at radius 3 is 2.75 bits per heavy atom. The molecule has 1 N–H and O–H groups in total. The van der Waals surface area contributed by atoms with E-state index in [-0.39, 0.29) is 6.61 Å². The number of aliphatic hydroxyl groups is 1. The van der Waals surface area contributed by atoms with E-state index >= 15 is 0 Å². The van der Waals surface area contributed by atoms with Crippen LogP contribution in [0.5, 0.6) is 5.75 Å². The van der Waals surface area contributed by atoms with Crippen LogP contribution in [0.15, 0.2) is 18.2 Å². The van der Waals surface area contributed by atoms with E-state index in [1.165, 1.54) is 12.1 Å². The highest BCUT2D eigenvalue weighted by atomic mass is 19.1. The van der Waals surface area contributed by atoms with Crippen LogP contribution in [-0.4, -0.2) is 11.7 Å². The lowest BCUT2D eigenvalue weighted by Crippen LogP contribution is -1.94. The van der Waals surface area contributed by atoms with Gasteiger partial charge in [-0.15, -0.1) is 0 Å². The van der Waals surface area contributed by atoms with Gasteiger partial charge in [0.25, 0.3) is 0 Å². The molecule has 2 nitrogen and oxygen atoms in total. The van der Waals surface area contributed by atoms with Crippen LogP contribution in [0.3, 0.4) is 0 Å². The van der Waals surface area contributed by atoms with Crippen molar-refractivity contribution in [1.29, 1.82) is 0 Å². The molecule has 0 unspecified atom stereocenters. The summed E-state index contributed by atoms with van der Waals surface area (Å²) >= 11 is 0. The van der Waals surface area contributed by atoms with Crippen molar-refractivity contribution < 1.29 is 14.2 Å². The topological polar surface area (TPSA) is 29.5 Å². The van der Waals surface area contributed by atoms with E-state index in [9.17, 15) is 4.39 Å². The second-order valence-electron chi connectivity index (χ2n) is 2.34. The van der Waals surface area contributed by atoms with Crippen LogP contribution >= 0.6 is 0 Å². The molecule has 3 heteroatoms. The van der Waals surface area contributed by atoms with Gasteiger partial charge in [-0.2, -0.15) is 0 Å². The van der Waals surface area contributed by atoms with E-state index in [4.69, 9.17) is 9.84 Å². The lowest BCUT2D eigenvalue weighted by molar-refractivity contribution is 0.275. The first-order chi connectivity index (χ1) is 5.77. The third-order valence-corrected chi connectivity index (χ3v) is 1.51. The quantitative estimate of drug-likeness (QED) is 0.748. The van der Waals surface area contributed by atoms with Gasteiger partial charge in [0.2, 0.25) is 0 Å². The number of halogens is 1. The third-order valence-electron chi connectivity index (χ3n) is 1.51. The number of hydrogen-bond acceptors (Lipinski definition) is 2. The average molecular weight is 170 g/mol. The fourth-order valence-electron chi connectivity index (χ4n) is 0.913. The molecule has 0 saturated carbocycles. The standard InChI is InChI=1S/C9H11FO2/c1-2-12-8-4-3-7(6-11)9(10)5-8/h3-5,11H,2,6H2,1H3. The zero-order valence-electron chi connectivity index (χ0n) is 6.88. The van der Waals surface area contributed by atoms with Crippen LogP contribution in [-0.2, 0) is 6.61 Å². The van der Waals surface area contributed by atoms with Crippen molar-refractivity contribution in [3.8, 4) is 5.75 Å². The zero-order chi connectivity index (χ0) is 8.97. The first-order valence-electron chi connectivity index (χ1n) is 3.80. The molecule has 0 heterocycles. The van der Waals surface area contributed by atoms with E-state index in [0.717, 1.165) is 0 Å². The Bertz CT molecular complexity index is 261. The zero-order valence-corrected chi connectivity index (χ0v) is 6.88. The first-order valence-corrected chi connectivity index (χ1v) is 3.80. The smallest absolute Gasteiger partial charge is 0.132 e. The molecule has 1 aromatic rings. The largest absolute Gasteiger partial charge is 0.494 e. The van der Waals surface area contributed by atoms with Crippen LogP contribution in [0.25, 0.3) is 0 Å². The van der Waals surface area contributed by atoms with Gasteiger partial charge < -0.3 is 9.84 Å². The molecule has 0 amide bonds. The predicted octanol–water partition coefficient (Wildman–Crippen LogP) is 1.72. The molecule has 0 aliphatic carbocycles. The minimum absolute atomic E-state index is 0.280. The Labute approximate surface area is 70.6 Å². The fraction of sp³-hybridized carbons (Fsp3) is 0.333. The van der Waals surface area contributed by atoms with E-state index in [2.05, 4.69) is 0 Å². The molecule has 1 aromatic carbocycles. The number of hydrogen-bond donors (Lipinski definition) is 1. The van der Waals surface area contributed by atoms with E-state index in [0.29, 0.717) is 17.9 Å². The Balaban J connectivity index is 2.86. The van der Waals surface area contributed by atoms with Crippen molar-refractivity contribution in [2.45, 2.75) is 13.5 Å². The lowest BCUT2D eigenvalue weighted by atomic mass is 10.2. The van der Waals surface area contributed by atoms with Gasteiger partial charge in [0.15, 0.2) is 0 Å². The highest BCUT2D eigenvalue weighted by Crippen LogP contribution is 2.16. The molecule has 12 heavy (non-hydrogen) atoms. The number of aliphatic hydroxyl groups excluding tert-OH is 1. The van der Waals surface area contributed by atoms with Gasteiger partial charge in [-0.3, -0.25) is 0 Å². The normalized spacial score (nSPS) is 9.92. The Kier molecular flexibility index (Phi) is 3.05. The SMILES string of the molecule is CCOc1ccc(CO)c(F)c1. The van der Waals surface area contributed by atoms with Crippen molar-refractivity contribution in [3.63, 3.8) is 0 Å². The molecule has 0 saturated heterocycles. The minimum Gasteiger partial charge on any atom is -0.494 e. The van der Waals surface area contributed by atoms with E-state index in [1.54, 1.807) is 6.07 Å². The Morgan fingerprint density at radius 2 is 2.25 bits per heavy atom. The van der Waals surface area contributed by atoms with Crippen molar-refractivity contribution in [2.75, 3.05) is 6.61 Å². The summed E-state index contributed by atoms with van der Waals surface area (Å²) in [5, 5.41) is 8.66. The van der Waals surface area contributed by atoms with Gasteiger partial charge in [0, 0.05) is 11.6 Å². The summed E-state index contributed by atoms with van der Waals surface area (Å²) in [6.45, 7) is 2.06. The highest BCUT2D eigenvalue weighted by molar-refractivity contribution is 5.28. The molecule has 0 fully saturated rings. The summed E-state index contributed by atoms with van der Waals surface area (Å²) in [6.07, 6.45) is 0. The molecule has 0 aliphatic heterocycles. The monoisotopic (exact) mass is 170 g/mol. The summed E-state index contributed by atoms with van der Waals surface area (Å²) in [7, 11) is 0. The molecule has 66 valence electrons. The molecular formula is C9H11FO2. The first kappa shape index (κ1) is 9.00. The molecule has 0 spiro atoms. The summed E-state index contributed by atoms with van der Waals surface area (Å²) in [6, 6.07) is 4.42. The molecule has 0 radical (unpaired) electrons. The molecular weight excluding hydrogens is 159 g/mol. The van der Waals surface area contributed by atoms with Gasteiger partial charge in [-0.25, -0.2) is 4.39 Å². The van der Waals surface area contributed by atoms with Crippen LogP contribution < -0.4 is 4.74 Å². The van der Waals surface area contributed by atoms with Gasteiger partial charge >= 0.3 is 0 Å².